The molecule has 1 saturated heterocycles. The highest BCUT2D eigenvalue weighted by molar-refractivity contribution is 9.10. The van der Waals surface area contributed by atoms with Crippen LogP contribution in [0.2, 0.25) is 0 Å². The Morgan fingerprint density at radius 2 is 2.05 bits per heavy atom. The van der Waals surface area contributed by atoms with Gasteiger partial charge in [-0.25, -0.2) is 4.39 Å². The van der Waals surface area contributed by atoms with Crippen molar-refractivity contribution in [2.45, 2.75) is 31.7 Å². The van der Waals surface area contributed by atoms with Crippen molar-refractivity contribution in [1.82, 2.24) is 5.32 Å². The van der Waals surface area contributed by atoms with Crippen molar-refractivity contribution in [3.05, 3.63) is 21.9 Å². The van der Waals surface area contributed by atoms with Crippen LogP contribution in [0.5, 0.6) is 11.5 Å². The van der Waals surface area contributed by atoms with Crippen LogP contribution in [0, 0.1) is 5.82 Å². The third-order valence-electron chi connectivity index (χ3n) is 3.62. The van der Waals surface area contributed by atoms with E-state index in [-0.39, 0.29) is 11.9 Å². The van der Waals surface area contributed by atoms with Gasteiger partial charge in [0, 0.05) is 18.5 Å². The minimum atomic E-state index is -0.233. The fourth-order valence-electron chi connectivity index (χ4n) is 2.69. The van der Waals surface area contributed by atoms with Gasteiger partial charge >= 0.3 is 0 Å². The third-order valence-corrected chi connectivity index (χ3v) is 4.20. The smallest absolute Gasteiger partial charge is 0.168 e. The van der Waals surface area contributed by atoms with Gasteiger partial charge in [0.1, 0.15) is 5.82 Å². The van der Waals surface area contributed by atoms with Gasteiger partial charge in [-0.1, -0.05) is 6.42 Å². The highest BCUT2D eigenvalue weighted by atomic mass is 79.9. The van der Waals surface area contributed by atoms with Crippen molar-refractivity contribution in [2.24, 2.45) is 0 Å². The van der Waals surface area contributed by atoms with E-state index in [4.69, 9.17) is 9.47 Å². The summed E-state index contributed by atoms with van der Waals surface area (Å²) in [6.07, 6.45) is 4.01. The maximum absolute atomic E-state index is 14.5. The van der Waals surface area contributed by atoms with E-state index in [1.54, 1.807) is 6.07 Å². The molecule has 1 unspecified atom stereocenters. The van der Waals surface area contributed by atoms with Crippen molar-refractivity contribution in [1.29, 1.82) is 0 Å². The van der Waals surface area contributed by atoms with Gasteiger partial charge in [0.05, 0.1) is 23.2 Å². The Balaban J connectivity index is 2.07. The number of benzene rings is 1. The molecule has 104 valence electrons. The lowest BCUT2D eigenvalue weighted by molar-refractivity contribution is 0.292. The summed E-state index contributed by atoms with van der Waals surface area (Å²) in [5, 5.41) is 3.38. The minimum absolute atomic E-state index is 0.0155. The standard InChI is InChI=1S/C14H17BrFNO2/c15-9-8-11-14(19-7-3-6-18-11)12(13(9)16)10-4-1-2-5-17-10/h8,10,17H,1-7H2. The first-order valence-electron chi connectivity index (χ1n) is 6.78. The van der Waals surface area contributed by atoms with Crippen LogP contribution in [0.15, 0.2) is 10.5 Å². The van der Waals surface area contributed by atoms with Gasteiger partial charge in [-0.2, -0.15) is 0 Å². The number of rotatable bonds is 1. The number of piperidine rings is 1. The quantitative estimate of drug-likeness (QED) is 0.854. The van der Waals surface area contributed by atoms with Gasteiger partial charge in [0.25, 0.3) is 0 Å². The summed E-state index contributed by atoms with van der Waals surface area (Å²) >= 11 is 3.28. The second kappa shape index (κ2) is 5.67. The molecule has 2 aliphatic heterocycles. The summed E-state index contributed by atoms with van der Waals surface area (Å²) in [6, 6.07) is 1.68. The van der Waals surface area contributed by atoms with E-state index in [0.717, 1.165) is 32.2 Å². The van der Waals surface area contributed by atoms with Crippen LogP contribution in [-0.2, 0) is 0 Å². The van der Waals surface area contributed by atoms with Gasteiger partial charge in [-0.05, 0) is 35.3 Å². The molecule has 5 heteroatoms. The third kappa shape index (κ3) is 2.58. The summed E-state index contributed by atoms with van der Waals surface area (Å²) < 4.78 is 26.3. The van der Waals surface area contributed by atoms with Gasteiger partial charge in [-0.3, -0.25) is 0 Å². The van der Waals surface area contributed by atoms with E-state index in [0.29, 0.717) is 34.7 Å². The summed E-state index contributed by atoms with van der Waals surface area (Å²) in [7, 11) is 0. The summed E-state index contributed by atoms with van der Waals surface area (Å²) in [5.41, 5.74) is 0.617. The maximum atomic E-state index is 14.5. The molecule has 0 amide bonds. The molecule has 0 saturated carbocycles. The first-order chi connectivity index (χ1) is 9.27. The van der Waals surface area contributed by atoms with Gasteiger partial charge in [0.2, 0.25) is 0 Å². The predicted octanol–water partition coefficient (Wildman–Crippen LogP) is 3.56. The molecule has 0 aliphatic carbocycles. The Kier molecular flexibility index (Phi) is 3.93. The first kappa shape index (κ1) is 13.2. The maximum Gasteiger partial charge on any atom is 0.168 e. The molecule has 3 nitrogen and oxygen atoms in total. The molecule has 0 aromatic heterocycles. The normalized spacial score (nSPS) is 22.9. The molecule has 19 heavy (non-hydrogen) atoms. The van der Waals surface area contributed by atoms with Crippen molar-refractivity contribution in [3.8, 4) is 11.5 Å². The lowest BCUT2D eigenvalue weighted by atomic mass is 9.96. The lowest BCUT2D eigenvalue weighted by Gasteiger charge is -2.26. The molecule has 2 heterocycles. The van der Waals surface area contributed by atoms with Crippen molar-refractivity contribution >= 4 is 15.9 Å². The molecule has 1 N–H and O–H groups in total. The summed E-state index contributed by atoms with van der Waals surface area (Å²) in [6.45, 7) is 2.11. The van der Waals surface area contributed by atoms with E-state index in [1.165, 1.54) is 0 Å². The average Bonchev–Trinajstić information content (AvgIpc) is 2.66. The monoisotopic (exact) mass is 329 g/mol. The first-order valence-corrected chi connectivity index (χ1v) is 7.57. The Bertz CT molecular complexity index is 475. The van der Waals surface area contributed by atoms with Gasteiger partial charge in [0.15, 0.2) is 11.5 Å². The molecule has 0 bridgehead atoms. The Hall–Kier alpha value is -0.810. The van der Waals surface area contributed by atoms with E-state index < -0.39 is 0 Å². The Labute approximate surface area is 120 Å². The van der Waals surface area contributed by atoms with E-state index >= 15 is 0 Å². The number of fused-ring (bicyclic) bond motifs is 1. The zero-order valence-corrected chi connectivity index (χ0v) is 12.3. The SMILES string of the molecule is Fc1c(Br)cc2c(c1C1CCCCN1)OCCCO2. The number of hydrogen-bond acceptors (Lipinski definition) is 3. The zero-order valence-electron chi connectivity index (χ0n) is 10.7. The molecule has 1 aromatic carbocycles. The van der Waals surface area contributed by atoms with Crippen molar-refractivity contribution in [2.75, 3.05) is 19.8 Å². The average molecular weight is 330 g/mol. The molecule has 3 rings (SSSR count). The van der Waals surface area contributed by atoms with Crippen molar-refractivity contribution < 1.29 is 13.9 Å². The predicted molar refractivity (Wildman–Crippen MR) is 74.3 cm³/mol. The molecule has 2 aliphatic rings. The lowest BCUT2D eigenvalue weighted by Crippen LogP contribution is -2.28. The zero-order chi connectivity index (χ0) is 13.2. The van der Waals surface area contributed by atoms with Crippen LogP contribution in [0.3, 0.4) is 0 Å². The van der Waals surface area contributed by atoms with Crippen LogP contribution in [0.4, 0.5) is 4.39 Å². The minimum Gasteiger partial charge on any atom is -0.490 e. The molecule has 1 fully saturated rings. The Morgan fingerprint density at radius 1 is 1.21 bits per heavy atom. The fourth-order valence-corrected chi connectivity index (χ4v) is 3.11. The molecule has 1 aromatic rings. The molecule has 1 atom stereocenters. The number of halogens is 2. The molecule has 0 radical (unpaired) electrons. The largest absolute Gasteiger partial charge is 0.490 e. The molecule has 0 spiro atoms. The highest BCUT2D eigenvalue weighted by Gasteiger charge is 2.28. The van der Waals surface area contributed by atoms with Gasteiger partial charge in [-0.15, -0.1) is 0 Å². The van der Waals surface area contributed by atoms with Crippen LogP contribution < -0.4 is 14.8 Å². The molecular weight excluding hydrogens is 313 g/mol. The number of nitrogens with one attached hydrogen (secondary N) is 1. The van der Waals surface area contributed by atoms with Crippen molar-refractivity contribution in [3.63, 3.8) is 0 Å². The van der Waals surface area contributed by atoms with E-state index in [2.05, 4.69) is 21.2 Å². The van der Waals surface area contributed by atoms with Gasteiger partial charge < -0.3 is 14.8 Å². The number of hydrogen-bond donors (Lipinski definition) is 1. The number of ether oxygens (including phenoxy) is 2. The van der Waals surface area contributed by atoms with E-state index in [1.807, 2.05) is 0 Å². The molecular formula is C14H17BrFNO2. The second-order valence-corrected chi connectivity index (χ2v) is 5.82. The topological polar surface area (TPSA) is 30.5 Å². The summed E-state index contributed by atoms with van der Waals surface area (Å²) in [4.78, 5) is 0. The second-order valence-electron chi connectivity index (χ2n) is 4.97. The highest BCUT2D eigenvalue weighted by Crippen LogP contribution is 2.43. The fraction of sp³-hybridized carbons (Fsp3) is 0.571. The van der Waals surface area contributed by atoms with Crippen LogP contribution >= 0.6 is 15.9 Å². The summed E-state index contributed by atoms with van der Waals surface area (Å²) in [5.74, 6) is 0.995. The van der Waals surface area contributed by atoms with E-state index in [9.17, 15) is 4.39 Å². The Morgan fingerprint density at radius 3 is 2.84 bits per heavy atom. The van der Waals surface area contributed by atoms with Crippen LogP contribution in [0.1, 0.15) is 37.3 Å². The van der Waals surface area contributed by atoms with Crippen LogP contribution in [-0.4, -0.2) is 19.8 Å². The van der Waals surface area contributed by atoms with Crippen LogP contribution in [0.25, 0.3) is 0 Å².